The number of ketones is 1. The maximum Gasteiger partial charge on any atom is 0.264 e. The van der Waals surface area contributed by atoms with Crippen LogP contribution in [0.1, 0.15) is 6.42 Å². The monoisotopic (exact) mass is 228 g/mol. The van der Waals surface area contributed by atoms with E-state index in [1.807, 2.05) is 12.2 Å². The second-order valence-corrected chi connectivity index (χ2v) is 6.26. The van der Waals surface area contributed by atoms with Gasteiger partial charge in [-0.05, 0) is 12.3 Å². The van der Waals surface area contributed by atoms with Gasteiger partial charge in [0.05, 0.1) is 12.4 Å². The zero-order valence-electron chi connectivity index (χ0n) is 8.29. The summed E-state index contributed by atoms with van der Waals surface area (Å²) < 4.78 is 27.2. The molecule has 3 aliphatic rings. The molecule has 0 aromatic heterocycles. The highest BCUT2D eigenvalue weighted by Gasteiger charge is 2.61. The molecular weight excluding hydrogens is 216 g/mol. The third kappa shape index (κ3) is 1.23. The molecule has 3 aliphatic carbocycles. The minimum Gasteiger partial charge on any atom is -0.299 e. The molecule has 5 atom stereocenters. The van der Waals surface area contributed by atoms with Crippen LogP contribution in [0.3, 0.4) is 0 Å². The molecular formula is C10H12O4S. The normalized spacial score (nSPS) is 46.7. The van der Waals surface area contributed by atoms with Crippen LogP contribution < -0.4 is 0 Å². The lowest BCUT2D eigenvalue weighted by molar-refractivity contribution is -0.124. The Kier molecular flexibility index (Phi) is 1.72. The van der Waals surface area contributed by atoms with Gasteiger partial charge in [-0.15, -0.1) is 0 Å². The second kappa shape index (κ2) is 2.71. The predicted molar refractivity (Wildman–Crippen MR) is 52.4 cm³/mol. The summed E-state index contributed by atoms with van der Waals surface area (Å²) in [7, 11) is -3.46. The van der Waals surface area contributed by atoms with Crippen molar-refractivity contribution in [3.8, 4) is 0 Å². The van der Waals surface area contributed by atoms with E-state index in [0.29, 0.717) is 5.92 Å². The number of carbonyl (C=O) groups excluding carboxylic acids is 1. The average molecular weight is 228 g/mol. The largest absolute Gasteiger partial charge is 0.299 e. The summed E-state index contributed by atoms with van der Waals surface area (Å²) in [6.45, 7) is 0. The molecule has 0 saturated heterocycles. The molecule has 3 rings (SSSR count). The summed E-state index contributed by atoms with van der Waals surface area (Å²) in [5.74, 6) is 0.315. The minimum atomic E-state index is -3.46. The van der Waals surface area contributed by atoms with Crippen LogP contribution in [0.25, 0.3) is 0 Å². The Morgan fingerprint density at radius 1 is 1.40 bits per heavy atom. The van der Waals surface area contributed by atoms with Crippen LogP contribution in [0.2, 0.25) is 0 Å². The molecule has 0 N–H and O–H groups in total. The Labute approximate surface area is 88.4 Å². The molecule has 0 aliphatic heterocycles. The van der Waals surface area contributed by atoms with Gasteiger partial charge in [-0.25, -0.2) is 0 Å². The maximum atomic E-state index is 11.8. The highest BCUT2D eigenvalue weighted by atomic mass is 32.2. The summed E-state index contributed by atoms with van der Waals surface area (Å²) in [6.07, 6.45) is 5.36. The van der Waals surface area contributed by atoms with Crippen LogP contribution in [-0.4, -0.2) is 26.6 Å². The Morgan fingerprint density at radius 3 is 2.80 bits per heavy atom. The highest BCUT2D eigenvalue weighted by molar-refractivity contribution is 7.86. The lowest BCUT2D eigenvalue weighted by atomic mass is 9.86. The van der Waals surface area contributed by atoms with Crippen LogP contribution in [0, 0.1) is 23.7 Å². The van der Waals surface area contributed by atoms with Crippen molar-refractivity contribution in [3.63, 3.8) is 0 Å². The standard InChI is InChI=1S/C10H12O4S/c1-15(12,13)14-10-7-4-5-2-3-6(8(5)10)9(7)11/h2-3,5-8,10H,4H2,1H3/t5-,6-,7-,8-,10-/m1/s1. The van der Waals surface area contributed by atoms with Crippen LogP contribution in [-0.2, 0) is 19.1 Å². The third-order valence-electron chi connectivity index (χ3n) is 3.76. The summed E-state index contributed by atoms with van der Waals surface area (Å²) in [5.41, 5.74) is 0. The van der Waals surface area contributed by atoms with Gasteiger partial charge in [0.15, 0.2) is 0 Å². The fraction of sp³-hybridized carbons (Fsp3) is 0.700. The van der Waals surface area contributed by atoms with Crippen molar-refractivity contribution in [2.75, 3.05) is 6.26 Å². The van der Waals surface area contributed by atoms with Gasteiger partial charge in [0.25, 0.3) is 10.1 Å². The van der Waals surface area contributed by atoms with Crippen LogP contribution >= 0.6 is 0 Å². The molecule has 2 bridgehead atoms. The number of rotatable bonds is 2. The topological polar surface area (TPSA) is 60.4 Å². The van der Waals surface area contributed by atoms with Crippen molar-refractivity contribution in [3.05, 3.63) is 12.2 Å². The molecule has 15 heavy (non-hydrogen) atoms. The van der Waals surface area contributed by atoms with E-state index < -0.39 is 16.2 Å². The number of carbonyl (C=O) groups is 1. The van der Waals surface area contributed by atoms with Gasteiger partial charge in [-0.3, -0.25) is 8.98 Å². The molecule has 0 heterocycles. The van der Waals surface area contributed by atoms with Crippen molar-refractivity contribution in [2.24, 2.45) is 23.7 Å². The van der Waals surface area contributed by atoms with Crippen molar-refractivity contribution < 1.29 is 17.4 Å². The molecule has 0 amide bonds. The highest BCUT2D eigenvalue weighted by Crippen LogP contribution is 2.55. The van der Waals surface area contributed by atoms with Crippen molar-refractivity contribution in [2.45, 2.75) is 12.5 Å². The molecule has 4 nitrogen and oxygen atoms in total. The molecule has 0 radical (unpaired) electrons. The molecule has 2 saturated carbocycles. The summed E-state index contributed by atoms with van der Waals surface area (Å²) >= 11 is 0. The van der Waals surface area contributed by atoms with E-state index in [4.69, 9.17) is 4.18 Å². The van der Waals surface area contributed by atoms with E-state index in [2.05, 4.69) is 0 Å². The van der Waals surface area contributed by atoms with Crippen LogP contribution in [0.15, 0.2) is 12.2 Å². The Bertz CT molecular complexity index is 450. The zero-order chi connectivity index (χ0) is 10.8. The number of hydrogen-bond acceptors (Lipinski definition) is 4. The number of allylic oxidation sites excluding steroid dienone is 2. The van der Waals surface area contributed by atoms with E-state index in [-0.39, 0.29) is 23.5 Å². The number of hydrogen-bond donors (Lipinski definition) is 0. The number of Topliss-reactive ketones (excluding diaryl/α,β-unsaturated/α-hetero) is 1. The van der Waals surface area contributed by atoms with Gasteiger partial charge >= 0.3 is 0 Å². The van der Waals surface area contributed by atoms with E-state index in [9.17, 15) is 13.2 Å². The molecule has 2 fully saturated rings. The molecule has 0 spiro atoms. The molecule has 5 heteroatoms. The van der Waals surface area contributed by atoms with Crippen LogP contribution in [0.4, 0.5) is 0 Å². The fourth-order valence-electron chi connectivity index (χ4n) is 3.31. The smallest absolute Gasteiger partial charge is 0.264 e. The van der Waals surface area contributed by atoms with Gasteiger partial charge in [0.1, 0.15) is 5.78 Å². The second-order valence-electron chi connectivity index (χ2n) is 4.66. The maximum absolute atomic E-state index is 11.8. The van der Waals surface area contributed by atoms with Crippen molar-refractivity contribution in [1.29, 1.82) is 0 Å². The third-order valence-corrected chi connectivity index (χ3v) is 4.33. The lowest BCUT2D eigenvalue weighted by Crippen LogP contribution is -2.24. The van der Waals surface area contributed by atoms with Crippen molar-refractivity contribution in [1.82, 2.24) is 0 Å². The summed E-state index contributed by atoms with van der Waals surface area (Å²) in [5, 5.41) is 0. The molecule has 82 valence electrons. The lowest BCUT2D eigenvalue weighted by Gasteiger charge is -2.17. The molecule has 0 aromatic rings. The minimum absolute atomic E-state index is 0.0808. The van der Waals surface area contributed by atoms with Gasteiger partial charge in [0.2, 0.25) is 0 Å². The molecule has 0 aromatic carbocycles. The van der Waals surface area contributed by atoms with Gasteiger partial charge in [-0.2, -0.15) is 8.42 Å². The predicted octanol–water partition coefficient (Wildman–Crippen LogP) is 0.352. The summed E-state index contributed by atoms with van der Waals surface area (Å²) in [6, 6.07) is 0. The zero-order valence-corrected chi connectivity index (χ0v) is 9.11. The van der Waals surface area contributed by atoms with Gasteiger partial charge in [-0.1, -0.05) is 12.2 Å². The first-order chi connectivity index (χ1) is 6.97. The quantitative estimate of drug-likeness (QED) is 0.505. The Balaban J connectivity index is 1.93. The van der Waals surface area contributed by atoms with E-state index >= 15 is 0 Å². The first-order valence-corrected chi connectivity index (χ1v) is 6.89. The Hall–Kier alpha value is -0.680. The summed E-state index contributed by atoms with van der Waals surface area (Å²) in [4.78, 5) is 11.8. The van der Waals surface area contributed by atoms with Crippen LogP contribution in [0.5, 0.6) is 0 Å². The first kappa shape index (κ1) is 9.54. The van der Waals surface area contributed by atoms with E-state index in [0.717, 1.165) is 12.7 Å². The van der Waals surface area contributed by atoms with E-state index in [1.165, 1.54) is 0 Å². The SMILES string of the molecule is CS(=O)(=O)O[C@H]1[C@@H]2[C@@H]3C=C[C@H]2C(=O)[C@H]1C3. The first-order valence-electron chi connectivity index (χ1n) is 5.08. The average Bonchev–Trinajstić information content (AvgIpc) is 2.65. The van der Waals surface area contributed by atoms with Gasteiger partial charge < -0.3 is 0 Å². The van der Waals surface area contributed by atoms with Gasteiger partial charge in [0, 0.05) is 17.8 Å². The number of fused-ring (bicyclic) bond motifs is 1. The fourth-order valence-corrected chi connectivity index (χ4v) is 3.97. The molecule has 0 unspecified atom stereocenters. The van der Waals surface area contributed by atoms with E-state index in [1.54, 1.807) is 0 Å². The van der Waals surface area contributed by atoms with Crippen molar-refractivity contribution >= 4 is 15.9 Å². The Morgan fingerprint density at radius 2 is 2.13 bits per heavy atom.